The molecule has 1 amide bonds. The van der Waals surface area contributed by atoms with Gasteiger partial charge in [-0.25, -0.2) is 0 Å². The molecule has 0 spiro atoms. The van der Waals surface area contributed by atoms with Crippen LogP contribution in [0, 0.1) is 11.3 Å². The van der Waals surface area contributed by atoms with E-state index in [1.807, 2.05) is 25.7 Å². The SMILES string of the molecule is CCCCCCN(CC(C)C(=O)OC)C(=O)C(C)(C)C. The highest BCUT2D eigenvalue weighted by Gasteiger charge is 2.29. The van der Waals surface area contributed by atoms with Crippen molar-refractivity contribution in [3.8, 4) is 0 Å². The largest absolute Gasteiger partial charge is 0.469 e. The number of methoxy groups -OCH3 is 1. The molecule has 0 aromatic carbocycles. The molecule has 0 radical (unpaired) electrons. The van der Waals surface area contributed by atoms with E-state index < -0.39 is 5.41 Å². The molecule has 4 heteroatoms. The van der Waals surface area contributed by atoms with Crippen molar-refractivity contribution in [1.82, 2.24) is 4.90 Å². The summed E-state index contributed by atoms with van der Waals surface area (Å²) in [6.45, 7) is 10.9. The molecule has 0 aromatic heterocycles. The summed E-state index contributed by atoms with van der Waals surface area (Å²) in [7, 11) is 1.38. The molecule has 0 aliphatic carbocycles. The summed E-state index contributed by atoms with van der Waals surface area (Å²) < 4.78 is 4.74. The van der Waals surface area contributed by atoms with Crippen molar-refractivity contribution in [3.05, 3.63) is 0 Å². The second-order valence-electron chi connectivity index (χ2n) is 6.49. The number of hydrogen-bond acceptors (Lipinski definition) is 3. The first kappa shape index (κ1) is 18.9. The van der Waals surface area contributed by atoms with Gasteiger partial charge in [0.1, 0.15) is 0 Å². The lowest BCUT2D eigenvalue weighted by Gasteiger charge is -2.31. The first-order valence-corrected chi connectivity index (χ1v) is 7.61. The first-order valence-electron chi connectivity index (χ1n) is 7.61. The monoisotopic (exact) mass is 285 g/mol. The summed E-state index contributed by atoms with van der Waals surface area (Å²) >= 11 is 0. The molecular formula is C16H31NO3. The molecule has 0 bridgehead atoms. The lowest BCUT2D eigenvalue weighted by Crippen LogP contribution is -2.43. The van der Waals surface area contributed by atoms with E-state index in [9.17, 15) is 9.59 Å². The van der Waals surface area contributed by atoms with Gasteiger partial charge < -0.3 is 9.64 Å². The van der Waals surface area contributed by atoms with Crippen LogP contribution >= 0.6 is 0 Å². The maximum absolute atomic E-state index is 12.4. The predicted octanol–water partition coefficient (Wildman–Crippen LogP) is 3.25. The van der Waals surface area contributed by atoms with Crippen molar-refractivity contribution < 1.29 is 14.3 Å². The van der Waals surface area contributed by atoms with Gasteiger partial charge in [-0.15, -0.1) is 0 Å². The van der Waals surface area contributed by atoms with E-state index in [0.717, 1.165) is 19.4 Å². The van der Waals surface area contributed by atoms with Crippen LogP contribution in [0.5, 0.6) is 0 Å². The zero-order valence-corrected chi connectivity index (χ0v) is 14.0. The fourth-order valence-electron chi connectivity index (χ4n) is 2.09. The molecule has 118 valence electrons. The maximum atomic E-state index is 12.4. The number of carbonyl (C=O) groups is 2. The number of carbonyl (C=O) groups excluding carboxylic acids is 2. The van der Waals surface area contributed by atoms with Crippen LogP contribution in [0.1, 0.15) is 60.3 Å². The van der Waals surface area contributed by atoms with Crippen LogP contribution in [0.15, 0.2) is 0 Å². The summed E-state index contributed by atoms with van der Waals surface area (Å²) in [6.07, 6.45) is 4.47. The van der Waals surface area contributed by atoms with Gasteiger partial charge in [-0.05, 0) is 6.42 Å². The van der Waals surface area contributed by atoms with E-state index in [-0.39, 0.29) is 17.8 Å². The molecule has 0 aliphatic rings. The minimum Gasteiger partial charge on any atom is -0.469 e. The van der Waals surface area contributed by atoms with Gasteiger partial charge in [0.05, 0.1) is 13.0 Å². The standard InChI is InChI=1S/C16H31NO3/c1-7-8-9-10-11-17(15(19)16(3,4)5)12-13(2)14(18)20-6/h13H,7-12H2,1-6H3. The van der Waals surface area contributed by atoms with Crippen LogP contribution < -0.4 is 0 Å². The lowest BCUT2D eigenvalue weighted by atomic mass is 9.94. The number of amides is 1. The van der Waals surface area contributed by atoms with Crippen molar-refractivity contribution in [1.29, 1.82) is 0 Å². The van der Waals surface area contributed by atoms with Gasteiger partial charge in [0.15, 0.2) is 0 Å². The minimum atomic E-state index is -0.416. The van der Waals surface area contributed by atoms with Gasteiger partial charge in [0, 0.05) is 18.5 Å². The van der Waals surface area contributed by atoms with E-state index in [4.69, 9.17) is 4.74 Å². The third-order valence-electron chi connectivity index (χ3n) is 3.31. The van der Waals surface area contributed by atoms with Crippen molar-refractivity contribution in [2.45, 2.75) is 60.3 Å². The molecule has 1 unspecified atom stereocenters. The molecular weight excluding hydrogens is 254 g/mol. The molecule has 4 nitrogen and oxygen atoms in total. The predicted molar refractivity (Wildman–Crippen MR) is 81.4 cm³/mol. The van der Waals surface area contributed by atoms with Gasteiger partial charge in [0.2, 0.25) is 5.91 Å². The first-order chi connectivity index (χ1) is 9.23. The van der Waals surface area contributed by atoms with Gasteiger partial charge in [0.25, 0.3) is 0 Å². The average molecular weight is 285 g/mol. The number of nitrogens with zero attached hydrogens (tertiary/aromatic N) is 1. The fourth-order valence-corrected chi connectivity index (χ4v) is 2.09. The summed E-state index contributed by atoms with van der Waals surface area (Å²) in [5, 5.41) is 0. The molecule has 0 saturated carbocycles. The highest BCUT2D eigenvalue weighted by Crippen LogP contribution is 2.19. The van der Waals surface area contributed by atoms with E-state index in [2.05, 4.69) is 6.92 Å². The number of hydrogen-bond donors (Lipinski definition) is 0. The second kappa shape index (κ2) is 8.98. The van der Waals surface area contributed by atoms with E-state index in [1.165, 1.54) is 20.0 Å². The van der Waals surface area contributed by atoms with E-state index in [1.54, 1.807) is 6.92 Å². The smallest absolute Gasteiger partial charge is 0.310 e. The topological polar surface area (TPSA) is 46.6 Å². The normalized spacial score (nSPS) is 12.9. The van der Waals surface area contributed by atoms with Crippen LogP contribution in [0.4, 0.5) is 0 Å². The van der Waals surface area contributed by atoms with Gasteiger partial charge in [-0.1, -0.05) is 53.9 Å². The Balaban J connectivity index is 4.62. The summed E-state index contributed by atoms with van der Waals surface area (Å²) in [5.41, 5.74) is -0.416. The number of rotatable bonds is 8. The Morgan fingerprint density at radius 2 is 1.75 bits per heavy atom. The van der Waals surface area contributed by atoms with Crippen LogP contribution in [-0.4, -0.2) is 37.0 Å². The average Bonchev–Trinajstić information content (AvgIpc) is 2.39. The molecule has 0 aliphatic heterocycles. The highest BCUT2D eigenvalue weighted by molar-refractivity contribution is 5.82. The van der Waals surface area contributed by atoms with Crippen LogP contribution in [0.2, 0.25) is 0 Å². The van der Waals surface area contributed by atoms with Crippen LogP contribution in [0.3, 0.4) is 0 Å². The Morgan fingerprint density at radius 3 is 2.20 bits per heavy atom. The lowest BCUT2D eigenvalue weighted by molar-refractivity contribution is -0.148. The molecule has 0 fully saturated rings. The molecule has 0 heterocycles. The van der Waals surface area contributed by atoms with E-state index in [0.29, 0.717) is 6.54 Å². The van der Waals surface area contributed by atoms with Gasteiger partial charge in [-0.2, -0.15) is 0 Å². The van der Waals surface area contributed by atoms with Crippen molar-refractivity contribution in [3.63, 3.8) is 0 Å². The second-order valence-corrected chi connectivity index (χ2v) is 6.49. The third-order valence-corrected chi connectivity index (χ3v) is 3.31. The quantitative estimate of drug-likeness (QED) is 0.508. The van der Waals surface area contributed by atoms with E-state index >= 15 is 0 Å². The number of ether oxygens (including phenoxy) is 1. The zero-order valence-electron chi connectivity index (χ0n) is 14.0. The Labute approximate surface area is 123 Å². The maximum Gasteiger partial charge on any atom is 0.310 e. The molecule has 1 atom stereocenters. The molecule has 0 aromatic rings. The molecule has 20 heavy (non-hydrogen) atoms. The molecule has 0 rings (SSSR count). The zero-order chi connectivity index (χ0) is 15.8. The highest BCUT2D eigenvalue weighted by atomic mass is 16.5. The summed E-state index contributed by atoms with van der Waals surface area (Å²) in [5.74, 6) is -0.438. The van der Waals surface area contributed by atoms with Crippen molar-refractivity contribution >= 4 is 11.9 Å². The molecule has 0 N–H and O–H groups in total. The van der Waals surface area contributed by atoms with Gasteiger partial charge in [-0.3, -0.25) is 9.59 Å². The minimum absolute atomic E-state index is 0.102. The van der Waals surface area contributed by atoms with Crippen molar-refractivity contribution in [2.75, 3.05) is 20.2 Å². The third kappa shape index (κ3) is 6.92. The van der Waals surface area contributed by atoms with Crippen molar-refractivity contribution in [2.24, 2.45) is 11.3 Å². The van der Waals surface area contributed by atoms with Crippen LogP contribution in [-0.2, 0) is 14.3 Å². The summed E-state index contributed by atoms with van der Waals surface area (Å²) in [6, 6.07) is 0. The Bertz CT molecular complexity index is 307. The summed E-state index contributed by atoms with van der Waals surface area (Å²) in [4.78, 5) is 25.8. The fraction of sp³-hybridized carbons (Fsp3) is 0.875. The Morgan fingerprint density at radius 1 is 1.15 bits per heavy atom. The van der Waals surface area contributed by atoms with Gasteiger partial charge >= 0.3 is 5.97 Å². The Kier molecular flexibility index (Phi) is 8.51. The number of unbranched alkanes of at least 4 members (excludes halogenated alkanes) is 3. The number of esters is 1. The Hall–Kier alpha value is -1.06. The van der Waals surface area contributed by atoms with Crippen LogP contribution in [0.25, 0.3) is 0 Å². The molecule has 0 saturated heterocycles.